The zero-order valence-electron chi connectivity index (χ0n) is 15.5. The third-order valence-electron chi connectivity index (χ3n) is 3.34. The summed E-state index contributed by atoms with van der Waals surface area (Å²) >= 11 is 0. The zero-order valence-corrected chi connectivity index (χ0v) is 15.5. The molecule has 0 unspecified atom stereocenters. The quantitative estimate of drug-likeness (QED) is 0.616. The van der Waals surface area contributed by atoms with Crippen LogP contribution >= 0.6 is 0 Å². The molecule has 0 radical (unpaired) electrons. The number of hydrogen-bond donors (Lipinski definition) is 0. The lowest BCUT2D eigenvalue weighted by atomic mass is 10.3. The van der Waals surface area contributed by atoms with E-state index < -0.39 is 11.9 Å². The van der Waals surface area contributed by atoms with Crippen molar-refractivity contribution in [2.24, 2.45) is 0 Å². The van der Waals surface area contributed by atoms with Crippen LogP contribution < -0.4 is 9.47 Å². The maximum absolute atomic E-state index is 11.5. The summed E-state index contributed by atoms with van der Waals surface area (Å²) in [5.41, 5.74) is 0. The van der Waals surface area contributed by atoms with Crippen molar-refractivity contribution in [2.75, 3.05) is 52.9 Å². The number of hydrogen-bond acceptors (Lipinski definition) is 8. The first-order valence-electron chi connectivity index (χ1n) is 8.94. The number of fused-ring (bicyclic) bond motifs is 1. The normalized spacial score (nSPS) is 20.6. The maximum Gasteiger partial charge on any atom is 0.330 e. The smallest absolute Gasteiger partial charge is 0.330 e. The minimum absolute atomic E-state index is 0.120. The van der Waals surface area contributed by atoms with E-state index >= 15 is 0 Å². The van der Waals surface area contributed by atoms with Crippen LogP contribution in [-0.2, 0) is 28.5 Å². The van der Waals surface area contributed by atoms with Gasteiger partial charge in [-0.15, -0.1) is 0 Å². The van der Waals surface area contributed by atoms with E-state index in [9.17, 15) is 9.59 Å². The Hall–Kier alpha value is -2.84. The summed E-state index contributed by atoms with van der Waals surface area (Å²) in [4.78, 5) is 23.0. The Morgan fingerprint density at radius 3 is 1.36 bits per heavy atom. The summed E-state index contributed by atoms with van der Waals surface area (Å²) < 4.78 is 32.0. The van der Waals surface area contributed by atoms with E-state index in [-0.39, 0.29) is 26.4 Å². The molecule has 0 bridgehead atoms. The van der Waals surface area contributed by atoms with Gasteiger partial charge in [-0.25, -0.2) is 9.59 Å². The van der Waals surface area contributed by atoms with Gasteiger partial charge in [0, 0.05) is 12.2 Å². The average molecular weight is 392 g/mol. The highest BCUT2D eigenvalue weighted by atomic mass is 16.6. The number of ether oxygens (including phenoxy) is 6. The molecule has 28 heavy (non-hydrogen) atoms. The lowest BCUT2D eigenvalue weighted by Crippen LogP contribution is -2.14. The lowest BCUT2D eigenvalue weighted by Gasteiger charge is -2.13. The first-order valence-corrected chi connectivity index (χ1v) is 8.94. The Labute approximate surface area is 163 Å². The fraction of sp³-hybridized carbons (Fsp3) is 0.400. The molecule has 0 aliphatic carbocycles. The van der Waals surface area contributed by atoms with Gasteiger partial charge in [0.15, 0.2) is 11.5 Å². The first kappa shape index (κ1) is 21.5. The van der Waals surface area contributed by atoms with Crippen molar-refractivity contribution in [1.29, 1.82) is 0 Å². The Morgan fingerprint density at radius 2 is 0.929 bits per heavy atom. The van der Waals surface area contributed by atoms with Crippen LogP contribution in [0.3, 0.4) is 0 Å². The van der Waals surface area contributed by atoms with Gasteiger partial charge in [0.05, 0.1) is 26.4 Å². The number of benzene rings is 1. The standard InChI is InChI=1S/C20H24O8/c21-19-7-3-4-8-20(22)28-16-12-24-10-14-26-18-6-2-1-5-17(18)25-13-9-23-11-15-27-19/h1-8H,9-16H2/b7-3+,8-4+. The molecule has 152 valence electrons. The first-order chi connectivity index (χ1) is 13.8. The molecule has 0 atom stereocenters. The van der Waals surface area contributed by atoms with Crippen molar-refractivity contribution in [3.63, 3.8) is 0 Å². The number of para-hydroxylation sites is 2. The highest BCUT2D eigenvalue weighted by Crippen LogP contribution is 2.26. The third-order valence-corrected chi connectivity index (χ3v) is 3.34. The van der Waals surface area contributed by atoms with Crippen molar-refractivity contribution in [2.45, 2.75) is 0 Å². The lowest BCUT2D eigenvalue weighted by molar-refractivity contribution is -0.140. The molecule has 2 rings (SSSR count). The molecule has 0 aromatic heterocycles. The molecule has 1 aliphatic heterocycles. The van der Waals surface area contributed by atoms with Gasteiger partial charge in [0.2, 0.25) is 0 Å². The monoisotopic (exact) mass is 392 g/mol. The highest BCUT2D eigenvalue weighted by molar-refractivity contribution is 5.84. The van der Waals surface area contributed by atoms with Crippen LogP contribution in [0.4, 0.5) is 0 Å². The summed E-state index contributed by atoms with van der Waals surface area (Å²) in [6, 6.07) is 7.30. The van der Waals surface area contributed by atoms with Gasteiger partial charge in [-0.3, -0.25) is 0 Å². The van der Waals surface area contributed by atoms with Crippen LogP contribution in [0, 0.1) is 0 Å². The number of carbonyl (C=O) groups excluding carboxylic acids is 2. The largest absolute Gasteiger partial charge is 0.487 e. The van der Waals surface area contributed by atoms with E-state index in [4.69, 9.17) is 28.4 Å². The van der Waals surface area contributed by atoms with Crippen LogP contribution in [0.25, 0.3) is 0 Å². The Bertz CT molecular complexity index is 611. The molecule has 8 heteroatoms. The molecular formula is C20H24O8. The van der Waals surface area contributed by atoms with Crippen molar-refractivity contribution < 1.29 is 38.0 Å². The molecule has 1 aromatic carbocycles. The molecule has 8 nitrogen and oxygen atoms in total. The molecule has 0 amide bonds. The van der Waals surface area contributed by atoms with Gasteiger partial charge in [-0.2, -0.15) is 0 Å². The van der Waals surface area contributed by atoms with Crippen molar-refractivity contribution in [3.05, 3.63) is 48.6 Å². The summed E-state index contributed by atoms with van der Waals surface area (Å²) in [5.74, 6) is 0.148. The number of carbonyl (C=O) groups is 2. The average Bonchev–Trinajstić information content (AvgIpc) is 2.70. The predicted octanol–water partition coefficient (Wildman–Crippen LogP) is 1.69. The van der Waals surface area contributed by atoms with E-state index in [1.807, 2.05) is 12.1 Å². The molecule has 0 saturated carbocycles. The fourth-order valence-electron chi connectivity index (χ4n) is 2.08. The number of rotatable bonds is 0. The van der Waals surface area contributed by atoms with Crippen molar-refractivity contribution in [3.8, 4) is 11.5 Å². The molecule has 0 fully saturated rings. The molecule has 0 N–H and O–H groups in total. The van der Waals surface area contributed by atoms with Gasteiger partial charge >= 0.3 is 11.9 Å². The van der Waals surface area contributed by atoms with E-state index in [0.29, 0.717) is 37.9 Å². The van der Waals surface area contributed by atoms with Gasteiger partial charge < -0.3 is 28.4 Å². The van der Waals surface area contributed by atoms with Gasteiger partial charge in [-0.05, 0) is 12.1 Å². The topological polar surface area (TPSA) is 89.5 Å². The van der Waals surface area contributed by atoms with Crippen molar-refractivity contribution in [1.82, 2.24) is 0 Å². The minimum atomic E-state index is -0.528. The molecule has 0 spiro atoms. The predicted molar refractivity (Wildman–Crippen MR) is 99.3 cm³/mol. The Kier molecular flexibility index (Phi) is 10.2. The van der Waals surface area contributed by atoms with Crippen molar-refractivity contribution >= 4 is 11.9 Å². The third kappa shape index (κ3) is 9.20. The summed E-state index contributed by atoms with van der Waals surface area (Å²) in [6.45, 7) is 2.09. The number of cyclic esters (lactones) is 2. The van der Waals surface area contributed by atoms with Crippen LogP contribution in [0.5, 0.6) is 11.5 Å². The Balaban J connectivity index is 1.85. The fourth-order valence-corrected chi connectivity index (χ4v) is 2.08. The number of esters is 2. The molecular weight excluding hydrogens is 368 g/mol. The maximum atomic E-state index is 11.5. The van der Waals surface area contributed by atoms with E-state index in [0.717, 1.165) is 0 Å². The van der Waals surface area contributed by atoms with E-state index in [2.05, 4.69) is 0 Å². The highest BCUT2D eigenvalue weighted by Gasteiger charge is 2.05. The summed E-state index contributed by atoms with van der Waals surface area (Å²) in [7, 11) is 0. The Morgan fingerprint density at radius 1 is 0.536 bits per heavy atom. The van der Waals surface area contributed by atoms with Gasteiger partial charge in [0.1, 0.15) is 26.4 Å². The van der Waals surface area contributed by atoms with E-state index in [1.54, 1.807) is 12.1 Å². The molecule has 1 heterocycles. The summed E-state index contributed by atoms with van der Waals surface area (Å²) in [6.07, 6.45) is 5.21. The molecule has 1 aliphatic rings. The van der Waals surface area contributed by atoms with Gasteiger partial charge in [0.25, 0.3) is 0 Å². The number of allylic oxidation sites excluding steroid dienone is 2. The van der Waals surface area contributed by atoms with Crippen LogP contribution in [-0.4, -0.2) is 64.8 Å². The minimum Gasteiger partial charge on any atom is -0.487 e. The zero-order chi connectivity index (χ0) is 19.9. The second-order valence-electron chi connectivity index (χ2n) is 5.42. The van der Waals surface area contributed by atoms with Crippen LogP contribution in [0.15, 0.2) is 48.6 Å². The molecule has 0 saturated heterocycles. The second-order valence-corrected chi connectivity index (χ2v) is 5.42. The van der Waals surface area contributed by atoms with Crippen LogP contribution in [0.2, 0.25) is 0 Å². The van der Waals surface area contributed by atoms with Crippen LogP contribution in [0.1, 0.15) is 0 Å². The van der Waals surface area contributed by atoms with Gasteiger partial charge in [-0.1, -0.05) is 24.3 Å². The van der Waals surface area contributed by atoms with E-state index in [1.165, 1.54) is 24.3 Å². The molecule has 1 aromatic rings. The second kappa shape index (κ2) is 13.3. The summed E-state index contributed by atoms with van der Waals surface area (Å²) in [5, 5.41) is 0. The SMILES string of the molecule is O=C1/C=C/C=C/C(=O)OCCOCCOc2ccccc2OCCOCCO1.